The summed E-state index contributed by atoms with van der Waals surface area (Å²) in [5.74, 6) is -0.130. The number of ether oxygens (including phenoxy) is 1. The number of carbonyl (C=O) groups is 1. The Labute approximate surface area is 202 Å². The smallest absolute Gasteiger partial charge is 0.416 e. The molecule has 3 N–H and O–H groups in total. The molecule has 0 aliphatic carbocycles. The third kappa shape index (κ3) is 5.87. The number of halogens is 3. The molecule has 186 valence electrons. The second kappa shape index (κ2) is 9.90. The molecule has 10 nitrogen and oxygen atoms in total. The number of nitrogens with two attached hydrogens (primary N) is 1. The van der Waals surface area contributed by atoms with Gasteiger partial charge >= 0.3 is 12.2 Å². The molecule has 0 saturated carbocycles. The number of nitrogen functional groups attached to an aromatic ring is 1. The van der Waals surface area contributed by atoms with Gasteiger partial charge in [-0.2, -0.15) is 18.2 Å². The van der Waals surface area contributed by atoms with Crippen LogP contribution in [0, 0.1) is 6.92 Å². The number of nitrogens with one attached hydrogen (secondary N) is 1. The summed E-state index contributed by atoms with van der Waals surface area (Å²) in [7, 11) is 1.50. The molecule has 0 bridgehead atoms. The zero-order valence-electron chi connectivity index (χ0n) is 19.1. The predicted molar refractivity (Wildman–Crippen MR) is 122 cm³/mol. The monoisotopic (exact) mass is 499 g/mol. The first-order chi connectivity index (χ1) is 17.1. The molecule has 0 saturated heterocycles. The van der Waals surface area contributed by atoms with Crippen molar-refractivity contribution in [3.63, 3.8) is 0 Å². The van der Waals surface area contributed by atoms with Crippen LogP contribution in [0.15, 0.2) is 59.4 Å². The molecule has 0 aliphatic rings. The van der Waals surface area contributed by atoms with E-state index in [1.165, 1.54) is 24.1 Å². The van der Waals surface area contributed by atoms with Crippen molar-refractivity contribution in [2.45, 2.75) is 19.6 Å². The Morgan fingerprint density at radius 1 is 1.22 bits per heavy atom. The Morgan fingerprint density at radius 3 is 2.64 bits per heavy atom. The van der Waals surface area contributed by atoms with Crippen molar-refractivity contribution in [3.05, 3.63) is 77.0 Å². The highest BCUT2D eigenvalue weighted by Gasteiger charge is 2.30. The molecule has 4 rings (SSSR count). The molecule has 0 spiro atoms. The summed E-state index contributed by atoms with van der Waals surface area (Å²) in [5, 5.41) is 9.72. The highest BCUT2D eigenvalue weighted by atomic mass is 19.4. The molecule has 2 heterocycles. The summed E-state index contributed by atoms with van der Waals surface area (Å²) in [4.78, 5) is 20.6. The first kappa shape index (κ1) is 24.4. The number of nitrogens with zero attached hydrogens (tertiary/aromatic N) is 5. The fourth-order valence-corrected chi connectivity index (χ4v) is 3.34. The zero-order chi connectivity index (χ0) is 25.9. The molecular weight excluding hydrogens is 479 g/mol. The van der Waals surface area contributed by atoms with Crippen molar-refractivity contribution in [3.8, 4) is 17.1 Å². The number of aryl methyl sites for hydroxylation is 1. The molecule has 2 amide bonds. The minimum Gasteiger partial charge on any atom is -0.467 e. The highest BCUT2D eigenvalue weighted by Crippen LogP contribution is 2.33. The largest absolute Gasteiger partial charge is 0.467 e. The van der Waals surface area contributed by atoms with Gasteiger partial charge in [0.1, 0.15) is 0 Å². The lowest BCUT2D eigenvalue weighted by Crippen LogP contribution is -2.35. The van der Waals surface area contributed by atoms with E-state index in [1.807, 2.05) is 31.2 Å². The van der Waals surface area contributed by atoms with E-state index in [0.29, 0.717) is 12.6 Å². The second-order valence-electron chi connectivity index (χ2n) is 7.67. The van der Waals surface area contributed by atoms with Gasteiger partial charge in [0.25, 0.3) is 0 Å². The molecule has 0 radical (unpaired) electrons. The topological polar surface area (TPSA) is 134 Å². The van der Waals surface area contributed by atoms with Crippen LogP contribution < -0.4 is 20.5 Å². The van der Waals surface area contributed by atoms with Crippen LogP contribution in [-0.4, -0.2) is 28.4 Å². The average molecular weight is 499 g/mol. The Bertz CT molecular complexity index is 1390. The van der Waals surface area contributed by atoms with Crippen LogP contribution in [-0.2, 0) is 12.7 Å². The van der Waals surface area contributed by atoms with Gasteiger partial charge in [-0.05, 0) is 41.1 Å². The number of amides is 2. The van der Waals surface area contributed by atoms with Crippen LogP contribution in [0.3, 0.4) is 0 Å². The van der Waals surface area contributed by atoms with E-state index in [-0.39, 0.29) is 17.3 Å². The first-order valence-corrected chi connectivity index (χ1v) is 10.4. The van der Waals surface area contributed by atoms with Gasteiger partial charge in [-0.15, -0.1) is 0 Å². The number of anilines is 2. The Balaban J connectivity index is 1.38. The third-order valence-corrected chi connectivity index (χ3v) is 4.99. The predicted octanol–water partition coefficient (Wildman–Crippen LogP) is 4.62. The molecule has 2 aromatic heterocycles. The van der Waals surface area contributed by atoms with Crippen LogP contribution in [0.1, 0.15) is 16.8 Å². The molecule has 0 unspecified atom stereocenters. The molecule has 0 fully saturated rings. The van der Waals surface area contributed by atoms with E-state index < -0.39 is 17.8 Å². The van der Waals surface area contributed by atoms with Gasteiger partial charge in [0, 0.05) is 23.0 Å². The maximum absolute atomic E-state index is 12.9. The fraction of sp³-hybridized carbons (Fsp3) is 0.174. The van der Waals surface area contributed by atoms with E-state index in [4.69, 9.17) is 15.0 Å². The zero-order valence-corrected chi connectivity index (χ0v) is 19.1. The van der Waals surface area contributed by atoms with E-state index in [2.05, 4.69) is 25.9 Å². The van der Waals surface area contributed by atoms with Gasteiger partial charge in [0.05, 0.1) is 18.4 Å². The van der Waals surface area contributed by atoms with E-state index >= 15 is 0 Å². The average Bonchev–Trinajstić information content (AvgIpc) is 3.25. The van der Waals surface area contributed by atoms with Crippen LogP contribution in [0.2, 0.25) is 0 Å². The van der Waals surface area contributed by atoms with Gasteiger partial charge in [-0.3, -0.25) is 4.79 Å². The van der Waals surface area contributed by atoms with Crippen molar-refractivity contribution >= 4 is 23.3 Å². The normalized spacial score (nSPS) is 11.2. The van der Waals surface area contributed by atoms with Crippen molar-refractivity contribution < 1.29 is 31.9 Å². The Morgan fingerprint density at radius 2 is 1.97 bits per heavy atom. The number of hydrogen-bond acceptors (Lipinski definition) is 7. The van der Waals surface area contributed by atoms with Crippen LogP contribution in [0.25, 0.3) is 16.4 Å². The lowest BCUT2D eigenvalue weighted by molar-refractivity contribution is -0.754. The van der Waals surface area contributed by atoms with E-state index in [9.17, 15) is 18.0 Å². The number of benzene rings is 2. The molecule has 0 atom stereocenters. The van der Waals surface area contributed by atoms with Crippen LogP contribution in [0.5, 0.6) is 6.01 Å². The molecule has 0 aliphatic heterocycles. The van der Waals surface area contributed by atoms with Gasteiger partial charge < -0.3 is 25.6 Å². The van der Waals surface area contributed by atoms with E-state index in [0.717, 1.165) is 34.5 Å². The molecular formula is C23H20F3N7O3. The maximum Gasteiger partial charge on any atom is 0.416 e. The lowest BCUT2D eigenvalue weighted by atomic mass is 10.0. The number of alkyl halides is 3. The maximum atomic E-state index is 12.9. The SMILES string of the molecule is COc1ncc(-c2ccc(C[n+]3cc([N-]C(=O)Nc4cc(N)cc(C(F)(F)F)c4)on3)cc2)c(C)n1. The van der Waals surface area contributed by atoms with Gasteiger partial charge in [0.2, 0.25) is 18.6 Å². The third-order valence-electron chi connectivity index (χ3n) is 4.99. The molecule has 13 heteroatoms. The lowest BCUT2D eigenvalue weighted by Gasteiger charge is -2.16. The number of methoxy groups -OCH3 is 1. The quantitative estimate of drug-likeness (QED) is 0.292. The highest BCUT2D eigenvalue weighted by molar-refractivity contribution is 6.03. The van der Waals surface area contributed by atoms with Crippen molar-refractivity contribution in [2.24, 2.45) is 0 Å². The van der Waals surface area contributed by atoms with Gasteiger partial charge in [0.15, 0.2) is 11.3 Å². The van der Waals surface area contributed by atoms with Crippen LogP contribution >= 0.6 is 0 Å². The van der Waals surface area contributed by atoms with E-state index in [1.54, 1.807) is 6.20 Å². The van der Waals surface area contributed by atoms with Gasteiger partial charge in [-0.1, -0.05) is 24.3 Å². The number of urea groups is 1. The Kier molecular flexibility index (Phi) is 6.72. The summed E-state index contributed by atoms with van der Waals surface area (Å²) >= 11 is 0. The summed E-state index contributed by atoms with van der Waals surface area (Å²) in [5.41, 5.74) is 7.66. The number of carbonyl (C=O) groups excluding carboxylic acids is 1. The summed E-state index contributed by atoms with van der Waals surface area (Å²) in [6.07, 6.45) is -1.54. The minimum absolute atomic E-state index is 0.130. The van der Waals surface area contributed by atoms with Crippen molar-refractivity contribution in [2.75, 3.05) is 18.2 Å². The fourth-order valence-electron chi connectivity index (χ4n) is 3.34. The number of aromatic nitrogens is 4. The molecule has 36 heavy (non-hydrogen) atoms. The number of hydrogen-bond donors (Lipinski definition) is 2. The standard InChI is InChI=1S/C23H20F3N7O3/c1-13-19(10-28-22(29-13)35-2)15-5-3-14(4-6-15)11-33-12-20(36-32-33)31-21(34)30-18-8-16(23(24,25)26)7-17(27)9-18/h3-10,12H,11,27H2,1-2H3,(H-,30,31,32,34). The van der Waals surface area contributed by atoms with Crippen molar-refractivity contribution in [1.29, 1.82) is 0 Å². The summed E-state index contributed by atoms with van der Waals surface area (Å²) in [6, 6.07) is 9.67. The summed E-state index contributed by atoms with van der Waals surface area (Å²) in [6.45, 7) is 2.19. The number of rotatable bonds is 6. The van der Waals surface area contributed by atoms with Gasteiger partial charge in [-0.25, -0.2) is 4.98 Å². The minimum atomic E-state index is -4.61. The second-order valence-corrected chi connectivity index (χ2v) is 7.67. The van der Waals surface area contributed by atoms with Crippen LogP contribution in [0.4, 0.5) is 35.2 Å². The molecule has 4 aromatic rings. The molecule has 2 aromatic carbocycles. The first-order valence-electron chi connectivity index (χ1n) is 10.4. The Hall–Kier alpha value is -4.68. The van der Waals surface area contributed by atoms with Crippen molar-refractivity contribution in [1.82, 2.24) is 15.2 Å². The summed E-state index contributed by atoms with van der Waals surface area (Å²) < 4.78 is 50.3.